The van der Waals surface area contributed by atoms with Gasteiger partial charge in [-0.15, -0.1) is 0 Å². The predicted molar refractivity (Wildman–Crippen MR) is 151 cm³/mol. The van der Waals surface area contributed by atoms with Crippen LogP contribution in [0.4, 0.5) is 30.6 Å². The Kier molecular flexibility index (Phi) is 8.20. The van der Waals surface area contributed by atoms with Crippen LogP contribution in [0.25, 0.3) is 11.3 Å². The molecule has 1 aromatic carbocycles. The molecule has 3 fully saturated rings. The molecule has 3 saturated heterocycles. The summed E-state index contributed by atoms with van der Waals surface area (Å²) in [7, 11) is 1.55. The van der Waals surface area contributed by atoms with Crippen LogP contribution in [-0.4, -0.2) is 97.5 Å². The number of alkyl halides is 2. The monoisotopic (exact) mass is 596 g/mol. The van der Waals surface area contributed by atoms with Crippen LogP contribution in [0.15, 0.2) is 36.5 Å². The van der Waals surface area contributed by atoms with Crippen molar-refractivity contribution in [2.75, 3.05) is 69.8 Å². The van der Waals surface area contributed by atoms with E-state index < -0.39 is 24.4 Å². The van der Waals surface area contributed by atoms with Crippen LogP contribution in [-0.2, 0) is 4.74 Å². The number of benzene rings is 1. The molecule has 226 valence electrons. The van der Waals surface area contributed by atoms with Crippen LogP contribution in [0.5, 0.6) is 11.6 Å². The Morgan fingerprint density at radius 1 is 1.14 bits per heavy atom. The topological polar surface area (TPSA) is 121 Å². The first-order valence-electron chi connectivity index (χ1n) is 14.1. The highest BCUT2D eigenvalue weighted by atomic mass is 19.3. The third kappa shape index (κ3) is 6.15. The maximum absolute atomic E-state index is 14.9. The number of nitrogens with zero attached hydrogens (tertiary/aromatic N) is 6. The standard InChI is InChI=1S/C29H31F3N8O3/c1-41-27-22(40-10-8-39(9-11-40)20-15-42-16-20)3-5-25(36-27)37-28-35-14-21(30)26(38-28)18-2-4-23(19(12-18)13-33)43-24-6-7-34-17-29(24,31)32/h2-5,12,14,20,24,34H,6-11,15-17H2,1H3,(H,35,36,37,38). The highest BCUT2D eigenvalue weighted by molar-refractivity contribution is 5.67. The van der Waals surface area contributed by atoms with Crippen molar-refractivity contribution in [2.45, 2.75) is 24.5 Å². The lowest BCUT2D eigenvalue weighted by atomic mass is 10.0. The first-order chi connectivity index (χ1) is 20.8. The van der Waals surface area contributed by atoms with Gasteiger partial charge in [0.2, 0.25) is 11.8 Å². The molecule has 3 aliphatic heterocycles. The first kappa shape index (κ1) is 28.9. The summed E-state index contributed by atoms with van der Waals surface area (Å²) in [4.78, 5) is 17.6. The number of piperidine rings is 1. The zero-order valence-electron chi connectivity index (χ0n) is 23.5. The predicted octanol–water partition coefficient (Wildman–Crippen LogP) is 3.20. The van der Waals surface area contributed by atoms with Crippen molar-refractivity contribution < 1.29 is 27.4 Å². The van der Waals surface area contributed by atoms with Crippen LogP contribution >= 0.6 is 0 Å². The molecule has 0 aliphatic carbocycles. The number of anilines is 3. The molecule has 0 amide bonds. The van der Waals surface area contributed by atoms with Gasteiger partial charge in [0.1, 0.15) is 29.0 Å². The van der Waals surface area contributed by atoms with Crippen LogP contribution in [0, 0.1) is 17.1 Å². The molecule has 0 radical (unpaired) electrons. The second-order valence-corrected chi connectivity index (χ2v) is 10.6. The summed E-state index contributed by atoms with van der Waals surface area (Å²) in [5, 5.41) is 15.3. The van der Waals surface area contributed by atoms with Gasteiger partial charge in [-0.05, 0) is 36.9 Å². The molecule has 0 spiro atoms. The van der Waals surface area contributed by atoms with E-state index in [-0.39, 0.29) is 34.9 Å². The van der Waals surface area contributed by atoms with Gasteiger partial charge in [0.25, 0.3) is 5.92 Å². The molecule has 43 heavy (non-hydrogen) atoms. The highest BCUT2D eigenvalue weighted by Gasteiger charge is 2.43. The lowest BCUT2D eigenvalue weighted by Crippen LogP contribution is -2.56. The minimum Gasteiger partial charge on any atom is -0.483 e. The van der Waals surface area contributed by atoms with Crippen molar-refractivity contribution in [3.05, 3.63) is 47.9 Å². The van der Waals surface area contributed by atoms with Gasteiger partial charge in [0, 0.05) is 38.2 Å². The van der Waals surface area contributed by atoms with E-state index in [2.05, 4.69) is 35.4 Å². The normalized spacial score (nSPS) is 20.6. The fourth-order valence-electron chi connectivity index (χ4n) is 5.38. The summed E-state index contributed by atoms with van der Waals surface area (Å²) in [6.07, 6.45) is -0.280. The summed E-state index contributed by atoms with van der Waals surface area (Å²) >= 11 is 0. The lowest BCUT2D eigenvalue weighted by Gasteiger charge is -2.43. The Labute approximate surface area is 246 Å². The van der Waals surface area contributed by atoms with E-state index in [1.54, 1.807) is 13.2 Å². The van der Waals surface area contributed by atoms with Gasteiger partial charge in [-0.3, -0.25) is 4.90 Å². The lowest BCUT2D eigenvalue weighted by molar-refractivity contribution is -0.109. The molecule has 0 bridgehead atoms. The highest BCUT2D eigenvalue weighted by Crippen LogP contribution is 2.33. The molecule has 0 saturated carbocycles. The molecule has 1 unspecified atom stereocenters. The Balaban J connectivity index is 1.17. The fourth-order valence-corrected chi connectivity index (χ4v) is 5.38. The van der Waals surface area contributed by atoms with Gasteiger partial charge in [-0.25, -0.2) is 23.1 Å². The van der Waals surface area contributed by atoms with Gasteiger partial charge in [-0.2, -0.15) is 10.2 Å². The molecule has 2 N–H and O–H groups in total. The summed E-state index contributed by atoms with van der Waals surface area (Å²) in [6.45, 7) is 4.97. The Hall–Kier alpha value is -4.19. The third-order valence-corrected chi connectivity index (χ3v) is 7.87. The van der Waals surface area contributed by atoms with Crippen LogP contribution in [0.2, 0.25) is 0 Å². The number of piperazine rings is 1. The number of methoxy groups -OCH3 is 1. The molecule has 2 aromatic heterocycles. The smallest absolute Gasteiger partial charge is 0.296 e. The van der Waals surface area contributed by atoms with E-state index in [9.17, 15) is 18.4 Å². The quantitative estimate of drug-likeness (QED) is 0.399. The molecule has 3 aliphatic rings. The van der Waals surface area contributed by atoms with Crippen molar-refractivity contribution in [3.63, 3.8) is 0 Å². The van der Waals surface area contributed by atoms with E-state index in [0.29, 0.717) is 24.3 Å². The summed E-state index contributed by atoms with van der Waals surface area (Å²) in [6, 6.07) is 10.3. The zero-order chi connectivity index (χ0) is 30.0. The molecular weight excluding hydrogens is 565 g/mol. The van der Waals surface area contributed by atoms with E-state index >= 15 is 0 Å². The van der Waals surface area contributed by atoms with E-state index in [1.807, 2.05) is 12.1 Å². The van der Waals surface area contributed by atoms with Crippen molar-refractivity contribution in [3.8, 4) is 29.0 Å². The third-order valence-electron chi connectivity index (χ3n) is 7.87. The molecule has 5 heterocycles. The van der Waals surface area contributed by atoms with Gasteiger partial charge < -0.3 is 29.7 Å². The number of hydrogen-bond acceptors (Lipinski definition) is 11. The van der Waals surface area contributed by atoms with Crippen molar-refractivity contribution in [2.24, 2.45) is 0 Å². The first-order valence-corrected chi connectivity index (χ1v) is 14.1. The van der Waals surface area contributed by atoms with Crippen molar-refractivity contribution in [1.82, 2.24) is 25.2 Å². The minimum absolute atomic E-state index is 0.000454. The summed E-state index contributed by atoms with van der Waals surface area (Å²) in [5.74, 6) is -2.91. The zero-order valence-corrected chi connectivity index (χ0v) is 23.5. The molecule has 6 rings (SSSR count). The van der Waals surface area contributed by atoms with Gasteiger partial charge in [0.15, 0.2) is 11.9 Å². The maximum atomic E-state index is 14.9. The molecular formula is C29H31F3N8O3. The van der Waals surface area contributed by atoms with Crippen LogP contribution in [0.3, 0.4) is 0 Å². The van der Waals surface area contributed by atoms with E-state index in [1.165, 1.54) is 18.2 Å². The van der Waals surface area contributed by atoms with Crippen molar-refractivity contribution in [1.29, 1.82) is 5.26 Å². The number of hydrogen-bond donors (Lipinski definition) is 2. The molecule has 11 nitrogen and oxygen atoms in total. The minimum atomic E-state index is -3.09. The molecule has 14 heteroatoms. The number of nitrogens with one attached hydrogen (secondary N) is 2. The second-order valence-electron chi connectivity index (χ2n) is 10.6. The van der Waals surface area contributed by atoms with Crippen LogP contribution < -0.4 is 25.0 Å². The summed E-state index contributed by atoms with van der Waals surface area (Å²) < 4.78 is 59.8. The van der Waals surface area contributed by atoms with E-state index in [4.69, 9.17) is 14.2 Å². The number of pyridine rings is 1. The van der Waals surface area contributed by atoms with Crippen LogP contribution in [0.1, 0.15) is 12.0 Å². The summed E-state index contributed by atoms with van der Waals surface area (Å²) in [5.41, 5.74) is 1.04. The SMILES string of the molecule is COc1nc(Nc2ncc(F)c(-c3ccc(OC4CCNCC4(F)F)c(C#N)c3)n2)ccc1N1CCN(C2COC2)CC1. The van der Waals surface area contributed by atoms with Gasteiger partial charge >= 0.3 is 0 Å². The average Bonchev–Trinajstić information content (AvgIpc) is 2.99. The Bertz CT molecular complexity index is 1510. The second kappa shape index (κ2) is 12.2. The molecule has 1 atom stereocenters. The Morgan fingerprint density at radius 3 is 2.65 bits per heavy atom. The largest absolute Gasteiger partial charge is 0.483 e. The number of halogens is 3. The number of nitriles is 1. The maximum Gasteiger partial charge on any atom is 0.296 e. The number of ether oxygens (including phenoxy) is 3. The Morgan fingerprint density at radius 2 is 1.95 bits per heavy atom. The number of rotatable bonds is 8. The van der Waals surface area contributed by atoms with Crippen molar-refractivity contribution >= 4 is 17.5 Å². The van der Waals surface area contributed by atoms with E-state index in [0.717, 1.165) is 51.3 Å². The van der Waals surface area contributed by atoms with Gasteiger partial charge in [-0.1, -0.05) is 0 Å². The van der Waals surface area contributed by atoms with Gasteiger partial charge in [0.05, 0.1) is 44.7 Å². The number of aromatic nitrogens is 3. The fraction of sp³-hybridized carbons (Fsp3) is 0.448. The average molecular weight is 597 g/mol. The molecule has 3 aromatic rings.